The van der Waals surface area contributed by atoms with E-state index in [2.05, 4.69) is 15.6 Å². The van der Waals surface area contributed by atoms with Crippen molar-refractivity contribution < 1.29 is 23.9 Å². The average Bonchev–Trinajstić information content (AvgIpc) is 3.29. The van der Waals surface area contributed by atoms with E-state index in [0.29, 0.717) is 18.0 Å². The van der Waals surface area contributed by atoms with Crippen LogP contribution in [0.5, 0.6) is 5.75 Å². The number of hydrogen-bond acceptors (Lipinski definition) is 7. The fourth-order valence-corrected chi connectivity index (χ4v) is 3.14. The van der Waals surface area contributed by atoms with E-state index in [4.69, 9.17) is 9.47 Å². The molecule has 2 heterocycles. The Hall–Kier alpha value is -2.94. The number of carbonyl (C=O) groups is 3. The zero-order chi connectivity index (χ0) is 18.5. The summed E-state index contributed by atoms with van der Waals surface area (Å²) in [6.07, 6.45) is 0.677. The van der Waals surface area contributed by atoms with Gasteiger partial charge in [-0.15, -0.1) is 11.3 Å². The third kappa shape index (κ3) is 4.37. The van der Waals surface area contributed by atoms with Crippen LogP contribution in [0.3, 0.4) is 0 Å². The standard InChI is InChI=1S/C17H17N3O5S/c1-24-11-4-2-10(3-5-11)13-9-26-17(19-13)20-15(22)8-25-16(23)12-6-7-14(21)18-12/h2-5,9,12H,6-8H2,1H3,(H,18,21)(H,19,20,22). The highest BCUT2D eigenvalue weighted by Gasteiger charge is 2.28. The number of nitrogens with one attached hydrogen (secondary N) is 2. The molecule has 2 amide bonds. The molecule has 136 valence electrons. The van der Waals surface area contributed by atoms with Gasteiger partial charge in [0.25, 0.3) is 5.91 Å². The largest absolute Gasteiger partial charge is 0.497 e. The van der Waals surface area contributed by atoms with Crippen LogP contribution in [-0.4, -0.2) is 42.5 Å². The third-order valence-electron chi connectivity index (χ3n) is 3.76. The minimum atomic E-state index is -0.670. The highest BCUT2D eigenvalue weighted by atomic mass is 32.1. The van der Waals surface area contributed by atoms with E-state index < -0.39 is 24.5 Å². The second-order valence-corrected chi connectivity index (χ2v) is 6.44. The lowest BCUT2D eigenvalue weighted by atomic mass is 10.2. The predicted molar refractivity (Wildman–Crippen MR) is 94.9 cm³/mol. The van der Waals surface area contributed by atoms with E-state index in [9.17, 15) is 14.4 Å². The lowest BCUT2D eigenvalue weighted by molar-refractivity contribution is -0.149. The zero-order valence-corrected chi connectivity index (χ0v) is 14.8. The van der Waals surface area contributed by atoms with Gasteiger partial charge in [-0.05, 0) is 30.7 Å². The van der Waals surface area contributed by atoms with E-state index in [1.165, 1.54) is 11.3 Å². The van der Waals surface area contributed by atoms with Gasteiger partial charge in [-0.1, -0.05) is 0 Å². The monoisotopic (exact) mass is 375 g/mol. The molecule has 2 aromatic rings. The maximum Gasteiger partial charge on any atom is 0.329 e. The highest BCUT2D eigenvalue weighted by Crippen LogP contribution is 2.26. The molecule has 1 aromatic carbocycles. The number of methoxy groups -OCH3 is 1. The first-order valence-corrected chi connectivity index (χ1v) is 8.79. The maximum atomic E-state index is 11.9. The van der Waals surface area contributed by atoms with Crippen LogP contribution in [0.1, 0.15) is 12.8 Å². The number of amides is 2. The van der Waals surface area contributed by atoms with Gasteiger partial charge in [0.1, 0.15) is 11.8 Å². The first-order chi connectivity index (χ1) is 12.5. The number of aromatic nitrogens is 1. The second kappa shape index (κ2) is 7.96. The molecule has 3 rings (SSSR count). The molecule has 1 atom stereocenters. The smallest absolute Gasteiger partial charge is 0.329 e. The van der Waals surface area contributed by atoms with Crippen molar-refractivity contribution in [2.45, 2.75) is 18.9 Å². The lowest BCUT2D eigenvalue weighted by Crippen LogP contribution is -2.36. The summed E-state index contributed by atoms with van der Waals surface area (Å²) in [7, 11) is 1.60. The Balaban J connectivity index is 1.51. The van der Waals surface area contributed by atoms with Gasteiger partial charge in [0, 0.05) is 17.4 Å². The van der Waals surface area contributed by atoms with Crippen molar-refractivity contribution in [3.05, 3.63) is 29.6 Å². The number of esters is 1. The van der Waals surface area contributed by atoms with Crippen LogP contribution in [-0.2, 0) is 19.1 Å². The summed E-state index contributed by atoms with van der Waals surface area (Å²) in [6.45, 7) is -0.428. The number of benzene rings is 1. The van der Waals surface area contributed by atoms with Crippen LogP contribution in [0.15, 0.2) is 29.6 Å². The molecule has 1 saturated heterocycles. The molecule has 1 aliphatic rings. The van der Waals surface area contributed by atoms with Crippen molar-refractivity contribution in [1.82, 2.24) is 10.3 Å². The Morgan fingerprint density at radius 1 is 1.35 bits per heavy atom. The highest BCUT2D eigenvalue weighted by molar-refractivity contribution is 7.14. The van der Waals surface area contributed by atoms with E-state index >= 15 is 0 Å². The van der Waals surface area contributed by atoms with Crippen LogP contribution in [0.25, 0.3) is 11.3 Å². The van der Waals surface area contributed by atoms with Crippen molar-refractivity contribution in [3.63, 3.8) is 0 Å². The summed E-state index contributed by atoms with van der Waals surface area (Å²) in [5, 5.41) is 7.31. The Bertz CT molecular complexity index is 818. The molecule has 1 fully saturated rings. The van der Waals surface area contributed by atoms with Crippen LogP contribution in [0.4, 0.5) is 5.13 Å². The van der Waals surface area contributed by atoms with Crippen molar-refractivity contribution in [3.8, 4) is 17.0 Å². The van der Waals surface area contributed by atoms with Crippen molar-refractivity contribution in [2.24, 2.45) is 0 Å². The zero-order valence-electron chi connectivity index (χ0n) is 14.0. The first-order valence-electron chi connectivity index (χ1n) is 7.91. The van der Waals surface area contributed by atoms with Crippen LogP contribution in [0.2, 0.25) is 0 Å². The van der Waals surface area contributed by atoms with Crippen molar-refractivity contribution in [2.75, 3.05) is 19.0 Å². The minimum Gasteiger partial charge on any atom is -0.497 e. The minimum absolute atomic E-state index is 0.190. The fraction of sp³-hybridized carbons (Fsp3) is 0.294. The Morgan fingerprint density at radius 2 is 2.12 bits per heavy atom. The summed E-state index contributed by atoms with van der Waals surface area (Å²) in [4.78, 5) is 39.1. The number of carbonyl (C=O) groups excluding carboxylic acids is 3. The summed E-state index contributed by atoms with van der Waals surface area (Å²) in [5.41, 5.74) is 1.62. The van der Waals surface area contributed by atoms with E-state index in [-0.39, 0.29) is 5.91 Å². The Labute approximate surface area is 153 Å². The number of hydrogen-bond donors (Lipinski definition) is 2. The van der Waals surface area contributed by atoms with Gasteiger partial charge >= 0.3 is 5.97 Å². The number of ether oxygens (including phenoxy) is 2. The SMILES string of the molecule is COc1ccc(-c2csc(NC(=O)COC(=O)C3CCC(=O)N3)n2)cc1. The molecule has 0 spiro atoms. The van der Waals surface area contributed by atoms with E-state index in [1.54, 1.807) is 7.11 Å². The Morgan fingerprint density at radius 3 is 2.77 bits per heavy atom. The molecule has 8 nitrogen and oxygen atoms in total. The van der Waals surface area contributed by atoms with Gasteiger partial charge in [0.05, 0.1) is 12.8 Å². The van der Waals surface area contributed by atoms with Crippen molar-refractivity contribution >= 4 is 34.3 Å². The van der Waals surface area contributed by atoms with Crippen LogP contribution in [0, 0.1) is 0 Å². The molecule has 1 aromatic heterocycles. The molecular weight excluding hydrogens is 358 g/mol. The Kier molecular flexibility index (Phi) is 5.47. The first kappa shape index (κ1) is 17.9. The molecule has 1 aliphatic heterocycles. The van der Waals surface area contributed by atoms with Crippen LogP contribution < -0.4 is 15.4 Å². The second-order valence-electron chi connectivity index (χ2n) is 5.58. The molecular formula is C17H17N3O5S. The van der Waals surface area contributed by atoms with Gasteiger partial charge in [-0.3, -0.25) is 14.9 Å². The van der Waals surface area contributed by atoms with Crippen molar-refractivity contribution in [1.29, 1.82) is 0 Å². The molecule has 0 saturated carbocycles. The third-order valence-corrected chi connectivity index (χ3v) is 4.52. The summed E-state index contributed by atoms with van der Waals surface area (Å²) in [6, 6.07) is 6.73. The van der Waals surface area contributed by atoms with E-state index in [1.807, 2.05) is 29.6 Å². The van der Waals surface area contributed by atoms with Gasteiger partial charge < -0.3 is 14.8 Å². The van der Waals surface area contributed by atoms with Gasteiger partial charge in [-0.25, -0.2) is 9.78 Å². The molecule has 0 bridgehead atoms. The van der Waals surface area contributed by atoms with Gasteiger partial charge in [0.15, 0.2) is 11.7 Å². The molecule has 1 unspecified atom stereocenters. The van der Waals surface area contributed by atoms with E-state index in [0.717, 1.165) is 17.0 Å². The van der Waals surface area contributed by atoms with Gasteiger partial charge in [-0.2, -0.15) is 0 Å². The summed E-state index contributed by atoms with van der Waals surface area (Å²) < 4.78 is 10.0. The molecule has 0 aliphatic carbocycles. The lowest BCUT2D eigenvalue weighted by Gasteiger charge is -2.09. The average molecular weight is 375 g/mol. The van der Waals surface area contributed by atoms with Crippen LogP contribution >= 0.6 is 11.3 Å². The summed E-state index contributed by atoms with van der Waals surface area (Å²) >= 11 is 1.27. The molecule has 0 radical (unpaired) electrons. The number of anilines is 1. The topological polar surface area (TPSA) is 107 Å². The number of nitrogens with zero attached hydrogens (tertiary/aromatic N) is 1. The fourth-order valence-electron chi connectivity index (χ4n) is 2.41. The summed E-state index contributed by atoms with van der Waals surface area (Å²) in [5.74, 6) is -0.537. The normalized spacial score (nSPS) is 16.0. The predicted octanol–water partition coefficient (Wildman–Crippen LogP) is 1.58. The maximum absolute atomic E-state index is 11.9. The number of thiazole rings is 1. The molecule has 9 heteroatoms. The quantitative estimate of drug-likeness (QED) is 0.743. The number of rotatable bonds is 6. The molecule has 2 N–H and O–H groups in total. The van der Waals surface area contributed by atoms with Gasteiger partial charge in [0.2, 0.25) is 5.91 Å². The molecule has 26 heavy (non-hydrogen) atoms.